The van der Waals surface area contributed by atoms with E-state index >= 15 is 0 Å². The minimum Gasteiger partial charge on any atom is -0.389 e. The number of halogens is 1. The van der Waals surface area contributed by atoms with Gasteiger partial charge in [0.25, 0.3) is 0 Å². The second kappa shape index (κ2) is 7.58. The molecule has 1 aromatic rings. The van der Waals surface area contributed by atoms with Gasteiger partial charge in [-0.2, -0.15) is 0 Å². The van der Waals surface area contributed by atoms with Crippen molar-refractivity contribution >= 4 is 5.69 Å². The van der Waals surface area contributed by atoms with E-state index in [2.05, 4.69) is 30.6 Å². The Kier molecular flexibility index (Phi) is 5.45. The highest BCUT2D eigenvalue weighted by Crippen LogP contribution is 2.63. The zero-order chi connectivity index (χ0) is 19.9. The Hall–Kier alpha value is -1.17. The van der Waals surface area contributed by atoms with E-state index in [4.69, 9.17) is 4.74 Å². The first-order chi connectivity index (χ1) is 13.3. The number of β-amino-alcohol motifs (C(OH)–C–C–N with tert-alkyl or cyclic N) is 1. The lowest BCUT2D eigenvalue weighted by Crippen LogP contribution is -2.50. The van der Waals surface area contributed by atoms with Crippen LogP contribution in [0.25, 0.3) is 0 Å². The largest absolute Gasteiger partial charge is 0.389 e. The van der Waals surface area contributed by atoms with Gasteiger partial charge >= 0.3 is 0 Å². The lowest BCUT2D eigenvalue weighted by Gasteiger charge is -2.43. The smallest absolute Gasteiger partial charge is 0.123 e. The lowest BCUT2D eigenvalue weighted by atomic mass is 9.70. The molecule has 0 spiro atoms. The van der Waals surface area contributed by atoms with Gasteiger partial charge in [-0.05, 0) is 60.3 Å². The van der Waals surface area contributed by atoms with Crippen LogP contribution in [0.2, 0.25) is 0 Å². The molecule has 1 aliphatic heterocycles. The average molecular weight is 391 g/mol. The molecule has 0 radical (unpaired) electrons. The van der Waals surface area contributed by atoms with E-state index in [0.717, 1.165) is 37.8 Å². The number of rotatable bonds is 6. The Bertz CT molecular complexity index is 667. The summed E-state index contributed by atoms with van der Waals surface area (Å²) < 4.78 is 19.4. The summed E-state index contributed by atoms with van der Waals surface area (Å²) in [5.41, 5.74) is 1.57. The summed E-state index contributed by atoms with van der Waals surface area (Å²) in [6.45, 7) is 11.7. The van der Waals surface area contributed by atoms with Crippen molar-refractivity contribution in [1.82, 2.24) is 4.90 Å². The monoisotopic (exact) mass is 390 g/mol. The Morgan fingerprint density at radius 3 is 2.43 bits per heavy atom. The van der Waals surface area contributed by atoms with Gasteiger partial charge in [0.15, 0.2) is 0 Å². The molecule has 4 nitrogen and oxygen atoms in total. The number of hydrogen-bond donors (Lipinski definition) is 1. The summed E-state index contributed by atoms with van der Waals surface area (Å²) in [5, 5.41) is 10.6. The molecule has 3 fully saturated rings. The molecule has 3 aliphatic rings. The molecule has 1 saturated heterocycles. The van der Waals surface area contributed by atoms with E-state index in [-0.39, 0.29) is 22.8 Å². The SMILES string of the molecule is CC1(C)[C@H]2CC[C@@](C)(C2)[C@@H]1OC[C@H](O)CN1CCN(c2ccc(F)cc2)CC1. The van der Waals surface area contributed by atoms with Crippen molar-refractivity contribution in [2.75, 3.05) is 44.2 Å². The highest BCUT2D eigenvalue weighted by Gasteiger charge is 2.60. The zero-order valence-corrected chi connectivity index (χ0v) is 17.5. The maximum absolute atomic E-state index is 13.1. The van der Waals surface area contributed by atoms with Crippen LogP contribution in [0.4, 0.5) is 10.1 Å². The van der Waals surface area contributed by atoms with E-state index < -0.39 is 6.10 Å². The minimum atomic E-state index is -0.448. The number of anilines is 1. The highest BCUT2D eigenvalue weighted by atomic mass is 19.1. The van der Waals surface area contributed by atoms with Crippen LogP contribution in [0.1, 0.15) is 40.0 Å². The molecule has 2 aliphatic carbocycles. The Labute approximate surface area is 168 Å². The number of ether oxygens (including phenoxy) is 1. The third-order valence-corrected chi connectivity index (χ3v) is 7.63. The van der Waals surface area contributed by atoms with Gasteiger partial charge < -0.3 is 14.7 Å². The molecule has 2 bridgehead atoms. The molecule has 4 rings (SSSR count). The standard InChI is InChI=1S/C23H35FN2O2/c1-22(2)17-8-9-23(3,14-17)21(22)28-16-20(27)15-25-10-12-26(13-11-25)19-6-4-18(24)5-7-19/h4-7,17,20-21,27H,8-16H2,1-3H3/t17-,20+,21+,23-/m0/s1. The predicted octanol–water partition coefficient (Wildman–Crippen LogP) is 3.54. The van der Waals surface area contributed by atoms with Crippen molar-refractivity contribution in [2.24, 2.45) is 16.7 Å². The van der Waals surface area contributed by atoms with Crippen LogP contribution in [0, 0.1) is 22.6 Å². The highest BCUT2D eigenvalue weighted by molar-refractivity contribution is 5.46. The summed E-state index contributed by atoms with van der Waals surface area (Å²) in [4.78, 5) is 4.58. The van der Waals surface area contributed by atoms with Crippen molar-refractivity contribution in [3.05, 3.63) is 30.1 Å². The van der Waals surface area contributed by atoms with Crippen LogP contribution in [-0.4, -0.2) is 61.5 Å². The first-order valence-corrected chi connectivity index (χ1v) is 10.8. The predicted molar refractivity (Wildman–Crippen MR) is 110 cm³/mol. The fourth-order valence-corrected chi connectivity index (χ4v) is 6.07. The Balaban J connectivity index is 1.23. The van der Waals surface area contributed by atoms with Crippen LogP contribution in [0.15, 0.2) is 24.3 Å². The molecule has 156 valence electrons. The van der Waals surface area contributed by atoms with Crippen LogP contribution < -0.4 is 4.90 Å². The van der Waals surface area contributed by atoms with Crippen LogP contribution in [0.3, 0.4) is 0 Å². The van der Waals surface area contributed by atoms with E-state index in [1.807, 2.05) is 12.1 Å². The number of aliphatic hydroxyl groups excluding tert-OH is 1. The molecule has 1 aromatic carbocycles. The molecule has 1 N–H and O–H groups in total. The first-order valence-electron chi connectivity index (χ1n) is 10.8. The number of benzene rings is 1. The number of nitrogens with zero attached hydrogens (tertiary/aromatic N) is 2. The lowest BCUT2D eigenvalue weighted by molar-refractivity contribution is -0.113. The third kappa shape index (κ3) is 3.81. The maximum Gasteiger partial charge on any atom is 0.123 e. The Morgan fingerprint density at radius 2 is 1.82 bits per heavy atom. The summed E-state index contributed by atoms with van der Waals surface area (Å²) in [7, 11) is 0. The van der Waals surface area contributed by atoms with E-state index in [1.54, 1.807) is 0 Å². The van der Waals surface area contributed by atoms with Crippen LogP contribution in [-0.2, 0) is 4.74 Å². The molecule has 0 aromatic heterocycles. The third-order valence-electron chi connectivity index (χ3n) is 7.63. The molecule has 4 atom stereocenters. The van der Waals surface area contributed by atoms with Gasteiger partial charge in [-0.15, -0.1) is 0 Å². The summed E-state index contributed by atoms with van der Waals surface area (Å²) in [5.74, 6) is 0.567. The van der Waals surface area contributed by atoms with E-state index in [0.29, 0.717) is 13.2 Å². The van der Waals surface area contributed by atoms with Crippen molar-refractivity contribution < 1.29 is 14.2 Å². The summed E-state index contributed by atoms with van der Waals surface area (Å²) in [6, 6.07) is 6.71. The first kappa shape index (κ1) is 20.1. The fraction of sp³-hybridized carbons (Fsp3) is 0.739. The molecule has 0 amide bonds. The quantitative estimate of drug-likeness (QED) is 0.806. The number of fused-ring (bicyclic) bond motifs is 2. The van der Waals surface area contributed by atoms with E-state index in [1.165, 1.54) is 31.4 Å². The minimum absolute atomic E-state index is 0.196. The normalized spacial score (nSPS) is 33.4. The van der Waals surface area contributed by atoms with Crippen molar-refractivity contribution in [1.29, 1.82) is 0 Å². The Morgan fingerprint density at radius 1 is 1.14 bits per heavy atom. The molecule has 0 unspecified atom stereocenters. The van der Waals surface area contributed by atoms with Crippen molar-refractivity contribution in [3.8, 4) is 0 Å². The summed E-state index contributed by atoms with van der Waals surface area (Å²) in [6.07, 6.45) is 3.66. The number of aliphatic hydroxyl groups is 1. The van der Waals surface area contributed by atoms with Gasteiger partial charge in [0.1, 0.15) is 5.82 Å². The number of piperazine rings is 1. The molecule has 28 heavy (non-hydrogen) atoms. The van der Waals surface area contributed by atoms with Gasteiger partial charge in [0, 0.05) is 38.4 Å². The average Bonchev–Trinajstić information content (AvgIpc) is 3.14. The zero-order valence-electron chi connectivity index (χ0n) is 17.5. The number of hydrogen-bond acceptors (Lipinski definition) is 4. The van der Waals surface area contributed by atoms with Crippen molar-refractivity contribution in [2.45, 2.75) is 52.2 Å². The maximum atomic E-state index is 13.1. The second-order valence-corrected chi connectivity index (χ2v) is 10.0. The molecule has 5 heteroatoms. The van der Waals surface area contributed by atoms with Crippen LogP contribution in [0.5, 0.6) is 0 Å². The van der Waals surface area contributed by atoms with Crippen LogP contribution >= 0.6 is 0 Å². The topological polar surface area (TPSA) is 35.9 Å². The van der Waals surface area contributed by atoms with Gasteiger partial charge in [-0.1, -0.05) is 20.8 Å². The van der Waals surface area contributed by atoms with Gasteiger partial charge in [0.2, 0.25) is 0 Å². The second-order valence-electron chi connectivity index (χ2n) is 10.0. The van der Waals surface area contributed by atoms with Gasteiger partial charge in [0.05, 0.1) is 18.8 Å². The molecule has 2 saturated carbocycles. The van der Waals surface area contributed by atoms with Gasteiger partial charge in [-0.3, -0.25) is 4.90 Å². The van der Waals surface area contributed by atoms with E-state index in [9.17, 15) is 9.50 Å². The fourth-order valence-electron chi connectivity index (χ4n) is 6.07. The van der Waals surface area contributed by atoms with Gasteiger partial charge in [-0.25, -0.2) is 4.39 Å². The molecule has 1 heterocycles. The molecular weight excluding hydrogens is 355 g/mol. The molecular formula is C23H35FN2O2. The van der Waals surface area contributed by atoms with Crippen molar-refractivity contribution in [3.63, 3.8) is 0 Å². The summed E-state index contributed by atoms with van der Waals surface area (Å²) >= 11 is 0.